The lowest BCUT2D eigenvalue weighted by atomic mass is 9.92. The molecule has 0 bridgehead atoms. The van der Waals surface area contributed by atoms with Gasteiger partial charge in [0.2, 0.25) is 0 Å². The molecule has 0 unspecified atom stereocenters. The van der Waals surface area contributed by atoms with Crippen LogP contribution in [0.2, 0.25) is 0 Å². The number of benzene rings is 7. The first-order valence-corrected chi connectivity index (χ1v) is 18.3. The van der Waals surface area contributed by atoms with Crippen molar-refractivity contribution in [2.45, 2.75) is 0 Å². The third kappa shape index (κ3) is 4.47. The molecule has 0 saturated heterocycles. The first-order chi connectivity index (χ1) is 23.2. The summed E-state index contributed by atoms with van der Waals surface area (Å²) >= 11 is 1.83. The van der Waals surface area contributed by atoms with Gasteiger partial charge in [0.15, 0.2) is 7.14 Å². The van der Waals surface area contributed by atoms with Crippen LogP contribution in [0.4, 0.5) is 0 Å². The minimum absolute atomic E-state index is 0.827. The number of hydrogen-bond acceptors (Lipinski definition) is 3. The van der Waals surface area contributed by atoms with Crippen molar-refractivity contribution < 1.29 is 4.57 Å². The van der Waals surface area contributed by atoms with Gasteiger partial charge in [-0.15, -0.1) is 11.3 Å². The second kappa shape index (κ2) is 11.2. The van der Waals surface area contributed by atoms with Gasteiger partial charge in [-0.1, -0.05) is 152 Å². The minimum atomic E-state index is -3.11. The van der Waals surface area contributed by atoms with Crippen molar-refractivity contribution in [3.63, 3.8) is 0 Å². The number of rotatable bonds is 5. The molecule has 2 aliphatic rings. The van der Waals surface area contributed by atoms with E-state index in [1.165, 1.54) is 36.9 Å². The van der Waals surface area contributed by atoms with Crippen LogP contribution in [0.25, 0.3) is 64.6 Å². The fraction of sp³-hybridized carbons (Fsp3) is 0. The molecule has 222 valence electrons. The Kier molecular flexibility index (Phi) is 6.64. The molecule has 9 rings (SSSR count). The van der Waals surface area contributed by atoms with Gasteiger partial charge in [-0.05, 0) is 40.1 Å². The van der Waals surface area contributed by atoms with E-state index in [2.05, 4.69) is 97.1 Å². The zero-order valence-electron chi connectivity index (χ0n) is 25.4. The van der Waals surface area contributed by atoms with E-state index >= 15 is 4.57 Å². The van der Waals surface area contributed by atoms with Crippen LogP contribution in [0.15, 0.2) is 170 Å². The molecule has 0 N–H and O–H groups in total. The summed E-state index contributed by atoms with van der Waals surface area (Å²) in [7, 11) is -3.11. The van der Waals surface area contributed by atoms with Crippen molar-refractivity contribution in [1.82, 2.24) is 4.98 Å². The van der Waals surface area contributed by atoms with Crippen molar-refractivity contribution in [3.05, 3.63) is 170 Å². The number of hydrogen-bond donors (Lipinski definition) is 0. The zero-order valence-corrected chi connectivity index (χ0v) is 27.1. The standard InChI is InChI=1S/C43H28NOPS/c45-46(30-15-3-1-4-16-30,31-17-5-2-6-18-31)32-19-13-14-29(28-32)33-26-27-36(35-21-8-7-20-34(33)35)43-41-37-22-9-11-24-39(37)44-42(41)38-23-10-12-25-40(38)47-43/h1-28H. The molecular weight excluding hydrogens is 610 g/mol. The second-order valence-electron chi connectivity index (χ2n) is 11.8. The zero-order chi connectivity index (χ0) is 31.4. The van der Waals surface area contributed by atoms with Crippen LogP contribution in [-0.2, 0) is 4.57 Å². The highest BCUT2D eigenvalue weighted by atomic mass is 32.1. The van der Waals surface area contributed by atoms with E-state index in [-0.39, 0.29) is 0 Å². The Hall–Kier alpha value is -5.34. The summed E-state index contributed by atoms with van der Waals surface area (Å²) < 4.78 is 16.4. The molecule has 47 heavy (non-hydrogen) atoms. The second-order valence-corrected chi connectivity index (χ2v) is 15.6. The highest BCUT2D eigenvalue weighted by molar-refractivity contribution is 7.85. The maximum Gasteiger partial charge on any atom is 0.171 e. The monoisotopic (exact) mass is 637 g/mol. The minimum Gasteiger partial charge on any atom is -0.309 e. The topological polar surface area (TPSA) is 30.0 Å². The molecule has 0 amide bonds. The maximum atomic E-state index is 15.2. The molecule has 0 radical (unpaired) electrons. The van der Waals surface area contributed by atoms with Gasteiger partial charge < -0.3 is 4.57 Å². The van der Waals surface area contributed by atoms with Gasteiger partial charge in [0, 0.05) is 47.4 Å². The summed E-state index contributed by atoms with van der Waals surface area (Å²) in [5.74, 6) is 0. The molecule has 7 aromatic rings. The van der Waals surface area contributed by atoms with E-state index in [1.54, 1.807) is 0 Å². The predicted octanol–water partition coefficient (Wildman–Crippen LogP) is 10.7. The summed E-state index contributed by atoms with van der Waals surface area (Å²) in [5.41, 5.74) is 6.63. The Morgan fingerprint density at radius 1 is 0.468 bits per heavy atom. The van der Waals surface area contributed by atoms with Crippen molar-refractivity contribution >= 4 is 66.2 Å². The number of aromatic nitrogens is 1. The van der Waals surface area contributed by atoms with Gasteiger partial charge in [0.05, 0.1) is 11.2 Å². The van der Waals surface area contributed by atoms with E-state index < -0.39 is 7.14 Å². The first kappa shape index (κ1) is 27.9. The SMILES string of the molecule is O=P(c1ccccc1)(c1ccccc1)c1cccc(-c2ccc(-c3sc4ccccc4c4nc5ccccc5c3-4)c3ccccc23)c1. The van der Waals surface area contributed by atoms with Gasteiger partial charge in [-0.3, -0.25) is 0 Å². The Bertz CT molecular complexity index is 2560. The third-order valence-corrected chi connectivity index (χ3v) is 13.4. The highest BCUT2D eigenvalue weighted by Crippen LogP contribution is 2.49. The Labute approximate surface area is 277 Å². The van der Waals surface area contributed by atoms with E-state index in [9.17, 15) is 0 Å². The van der Waals surface area contributed by atoms with Gasteiger partial charge >= 0.3 is 0 Å². The molecule has 0 saturated carbocycles. The van der Waals surface area contributed by atoms with Gasteiger partial charge in [0.25, 0.3) is 0 Å². The largest absolute Gasteiger partial charge is 0.309 e. The van der Waals surface area contributed by atoms with Crippen LogP contribution in [-0.4, -0.2) is 4.98 Å². The molecule has 0 aliphatic carbocycles. The summed E-state index contributed by atoms with van der Waals surface area (Å²) in [4.78, 5) is 6.36. The fourth-order valence-corrected chi connectivity index (χ4v) is 10.9. The van der Waals surface area contributed by atoms with Gasteiger partial charge in [-0.25, -0.2) is 4.98 Å². The molecule has 2 nitrogen and oxygen atoms in total. The quantitative estimate of drug-likeness (QED) is 0.176. The van der Waals surface area contributed by atoms with Gasteiger partial charge in [0.1, 0.15) is 0 Å². The Morgan fingerprint density at radius 2 is 1.02 bits per heavy atom. The molecule has 2 heterocycles. The third-order valence-electron chi connectivity index (χ3n) is 9.15. The van der Waals surface area contributed by atoms with Crippen molar-refractivity contribution in [3.8, 4) is 32.8 Å². The van der Waals surface area contributed by atoms with Crippen LogP contribution in [0.3, 0.4) is 0 Å². The highest BCUT2D eigenvalue weighted by Gasteiger charge is 2.30. The first-order valence-electron chi connectivity index (χ1n) is 15.7. The molecule has 4 heteroatoms. The predicted molar refractivity (Wildman–Crippen MR) is 202 cm³/mol. The number of fused-ring (bicyclic) bond motifs is 6. The number of para-hydroxylation sites is 1. The van der Waals surface area contributed by atoms with Crippen LogP contribution >= 0.6 is 18.5 Å². The molecule has 7 aromatic carbocycles. The average molecular weight is 638 g/mol. The lowest BCUT2D eigenvalue weighted by Crippen LogP contribution is -2.25. The van der Waals surface area contributed by atoms with E-state index in [0.29, 0.717) is 0 Å². The van der Waals surface area contributed by atoms with Crippen molar-refractivity contribution in [2.24, 2.45) is 0 Å². The lowest BCUT2D eigenvalue weighted by molar-refractivity contribution is 0.592. The maximum absolute atomic E-state index is 15.2. The van der Waals surface area contributed by atoms with Gasteiger partial charge in [-0.2, -0.15) is 0 Å². The normalized spacial score (nSPS) is 11.9. The summed E-state index contributed by atoms with van der Waals surface area (Å²) in [6.45, 7) is 0. The smallest absolute Gasteiger partial charge is 0.171 e. The van der Waals surface area contributed by atoms with E-state index in [4.69, 9.17) is 4.98 Å². The van der Waals surface area contributed by atoms with Crippen LogP contribution < -0.4 is 15.9 Å². The van der Waals surface area contributed by atoms with Crippen molar-refractivity contribution in [2.75, 3.05) is 0 Å². The van der Waals surface area contributed by atoms with Crippen LogP contribution in [0, 0.1) is 0 Å². The summed E-state index contributed by atoms with van der Waals surface area (Å²) in [6.07, 6.45) is 0. The molecule has 2 aliphatic heterocycles. The molecule has 0 fully saturated rings. The van der Waals surface area contributed by atoms with Crippen LogP contribution in [0.1, 0.15) is 0 Å². The Morgan fingerprint density at radius 3 is 1.74 bits per heavy atom. The fourth-order valence-electron chi connectivity index (χ4n) is 6.95. The van der Waals surface area contributed by atoms with Crippen molar-refractivity contribution in [1.29, 1.82) is 0 Å². The van der Waals surface area contributed by atoms with E-state index in [1.807, 2.05) is 84.1 Å². The molecule has 0 spiro atoms. The lowest BCUT2D eigenvalue weighted by Gasteiger charge is -2.21. The Balaban J connectivity index is 1.27. The van der Waals surface area contributed by atoms with Crippen LogP contribution in [0.5, 0.6) is 0 Å². The molecular formula is C43H28NOPS. The summed E-state index contributed by atoms with van der Waals surface area (Å²) in [6, 6.07) is 58.3. The number of nitrogens with zero attached hydrogens (tertiary/aromatic N) is 1. The van der Waals surface area contributed by atoms with E-state index in [0.717, 1.165) is 43.6 Å². The molecule has 0 atom stereocenters. The molecule has 0 aromatic heterocycles. The summed E-state index contributed by atoms with van der Waals surface area (Å²) in [5, 5.41) is 7.20. The average Bonchev–Trinajstić information content (AvgIpc) is 3.55.